The molecule has 1 aromatic rings. The van der Waals surface area contributed by atoms with Gasteiger partial charge in [-0.15, -0.1) is 0 Å². The number of carbonyl (C=O) groups excluding carboxylic acids is 2. The Kier molecular flexibility index (Phi) is 6.00. The van der Waals surface area contributed by atoms with Crippen LogP contribution in [0.5, 0.6) is 0 Å². The van der Waals surface area contributed by atoms with Crippen LogP contribution in [0.3, 0.4) is 0 Å². The molecule has 24 heavy (non-hydrogen) atoms. The first-order valence-electron chi connectivity index (χ1n) is 8.51. The molecule has 0 saturated heterocycles. The molecule has 0 unspecified atom stereocenters. The SMILES string of the molecule is CCCCNC(=O)NC1(C(=O)Nc2ccc(=O)n(C)c2)CCCC1. The van der Waals surface area contributed by atoms with Gasteiger partial charge in [-0.1, -0.05) is 26.2 Å². The third kappa shape index (κ3) is 4.37. The number of unbranched alkanes of at least 4 members (excludes halogenated alkanes) is 1. The summed E-state index contributed by atoms with van der Waals surface area (Å²) in [5.74, 6) is -0.232. The van der Waals surface area contributed by atoms with Gasteiger partial charge in [0.15, 0.2) is 0 Å². The zero-order chi connectivity index (χ0) is 17.6. The van der Waals surface area contributed by atoms with E-state index in [2.05, 4.69) is 22.9 Å². The Labute approximate surface area is 141 Å². The number of rotatable bonds is 6. The summed E-state index contributed by atoms with van der Waals surface area (Å²) in [4.78, 5) is 36.3. The monoisotopic (exact) mass is 334 g/mol. The maximum absolute atomic E-state index is 12.8. The number of nitrogens with one attached hydrogen (secondary N) is 3. The van der Waals surface area contributed by atoms with Crippen molar-refractivity contribution in [1.82, 2.24) is 15.2 Å². The van der Waals surface area contributed by atoms with E-state index in [9.17, 15) is 14.4 Å². The van der Waals surface area contributed by atoms with Crippen molar-refractivity contribution in [3.8, 4) is 0 Å². The summed E-state index contributed by atoms with van der Waals surface area (Å²) in [6.45, 7) is 2.65. The Morgan fingerprint density at radius 1 is 1.25 bits per heavy atom. The molecule has 0 bridgehead atoms. The second kappa shape index (κ2) is 7.99. The number of aryl methyl sites for hydroxylation is 1. The van der Waals surface area contributed by atoms with Crippen LogP contribution < -0.4 is 21.5 Å². The molecule has 1 saturated carbocycles. The summed E-state index contributed by atoms with van der Waals surface area (Å²) in [5, 5.41) is 8.49. The highest BCUT2D eigenvalue weighted by atomic mass is 16.2. The number of anilines is 1. The van der Waals surface area contributed by atoms with Crippen molar-refractivity contribution in [2.45, 2.75) is 51.0 Å². The van der Waals surface area contributed by atoms with Gasteiger partial charge in [-0.25, -0.2) is 4.79 Å². The molecule has 1 aromatic heterocycles. The van der Waals surface area contributed by atoms with Gasteiger partial charge >= 0.3 is 6.03 Å². The highest BCUT2D eigenvalue weighted by molar-refractivity contribution is 6.00. The lowest BCUT2D eigenvalue weighted by Gasteiger charge is -2.29. The second-order valence-corrected chi connectivity index (χ2v) is 6.34. The van der Waals surface area contributed by atoms with E-state index in [0.29, 0.717) is 25.1 Å². The Hall–Kier alpha value is -2.31. The number of urea groups is 1. The van der Waals surface area contributed by atoms with Crippen molar-refractivity contribution < 1.29 is 9.59 Å². The summed E-state index contributed by atoms with van der Waals surface area (Å²) >= 11 is 0. The number of nitrogens with zero attached hydrogens (tertiary/aromatic N) is 1. The molecule has 0 aromatic carbocycles. The van der Waals surface area contributed by atoms with Crippen LogP contribution in [0.25, 0.3) is 0 Å². The first-order valence-corrected chi connectivity index (χ1v) is 8.51. The van der Waals surface area contributed by atoms with Crippen molar-refractivity contribution in [1.29, 1.82) is 0 Å². The van der Waals surface area contributed by atoms with E-state index < -0.39 is 5.54 Å². The highest BCUT2D eigenvalue weighted by Crippen LogP contribution is 2.30. The Bertz CT molecular complexity index is 647. The molecule has 7 nitrogen and oxygen atoms in total. The number of carbonyl (C=O) groups is 2. The summed E-state index contributed by atoms with van der Waals surface area (Å²) in [5.41, 5.74) is -0.482. The number of pyridine rings is 1. The number of amides is 3. The van der Waals surface area contributed by atoms with Crippen molar-refractivity contribution in [2.24, 2.45) is 7.05 Å². The summed E-state index contributed by atoms with van der Waals surface area (Å²) in [6, 6.07) is 2.67. The minimum Gasteiger partial charge on any atom is -0.338 e. The average molecular weight is 334 g/mol. The van der Waals surface area contributed by atoms with Crippen LogP contribution in [0.2, 0.25) is 0 Å². The summed E-state index contributed by atoms with van der Waals surface area (Å²) in [6.07, 6.45) is 6.51. The lowest BCUT2D eigenvalue weighted by Crippen LogP contribution is -2.57. The molecule has 132 valence electrons. The Morgan fingerprint density at radius 3 is 2.58 bits per heavy atom. The van der Waals surface area contributed by atoms with Crippen molar-refractivity contribution >= 4 is 17.6 Å². The van der Waals surface area contributed by atoms with Crippen LogP contribution in [-0.4, -0.2) is 28.6 Å². The molecule has 3 amide bonds. The Balaban J connectivity index is 2.05. The molecule has 1 fully saturated rings. The maximum atomic E-state index is 12.8. The minimum atomic E-state index is -0.884. The second-order valence-electron chi connectivity index (χ2n) is 6.34. The van der Waals surface area contributed by atoms with Crippen LogP contribution in [0.4, 0.5) is 10.5 Å². The molecule has 1 aliphatic carbocycles. The van der Waals surface area contributed by atoms with Gasteiger partial charge < -0.3 is 20.5 Å². The van der Waals surface area contributed by atoms with Gasteiger partial charge in [-0.05, 0) is 25.3 Å². The van der Waals surface area contributed by atoms with Gasteiger partial charge in [0.05, 0.1) is 5.69 Å². The molecule has 1 heterocycles. The fourth-order valence-corrected chi connectivity index (χ4v) is 2.95. The zero-order valence-electron chi connectivity index (χ0n) is 14.4. The molecule has 0 atom stereocenters. The fourth-order valence-electron chi connectivity index (χ4n) is 2.95. The van der Waals surface area contributed by atoms with Crippen LogP contribution in [0, 0.1) is 0 Å². The standard InChI is InChI=1S/C17H26N4O3/c1-3-4-11-18-16(24)20-17(9-5-6-10-17)15(23)19-13-7-8-14(22)21(2)12-13/h7-8,12H,3-6,9-11H2,1-2H3,(H,19,23)(H2,18,20,24). The highest BCUT2D eigenvalue weighted by Gasteiger charge is 2.42. The van der Waals surface area contributed by atoms with Crippen LogP contribution in [0.15, 0.2) is 23.1 Å². The third-order valence-electron chi connectivity index (χ3n) is 4.40. The first-order chi connectivity index (χ1) is 11.5. The molecular weight excluding hydrogens is 308 g/mol. The van der Waals surface area contributed by atoms with Crippen LogP contribution in [-0.2, 0) is 11.8 Å². The summed E-state index contributed by atoms with van der Waals surface area (Å²) in [7, 11) is 1.63. The van der Waals surface area contributed by atoms with E-state index in [4.69, 9.17) is 0 Å². The quantitative estimate of drug-likeness (QED) is 0.692. The predicted molar refractivity (Wildman–Crippen MR) is 93.0 cm³/mol. The van der Waals surface area contributed by atoms with E-state index in [1.165, 1.54) is 10.6 Å². The van der Waals surface area contributed by atoms with Crippen molar-refractivity contribution in [2.75, 3.05) is 11.9 Å². The number of aromatic nitrogens is 1. The topological polar surface area (TPSA) is 92.2 Å². The largest absolute Gasteiger partial charge is 0.338 e. The first kappa shape index (κ1) is 18.0. The lowest BCUT2D eigenvalue weighted by molar-refractivity contribution is -0.121. The molecule has 3 N–H and O–H groups in total. The molecule has 1 aliphatic rings. The van der Waals surface area contributed by atoms with E-state index in [-0.39, 0.29) is 17.5 Å². The average Bonchev–Trinajstić information content (AvgIpc) is 3.01. The third-order valence-corrected chi connectivity index (χ3v) is 4.40. The minimum absolute atomic E-state index is 0.142. The van der Waals surface area contributed by atoms with Crippen molar-refractivity contribution in [3.63, 3.8) is 0 Å². The smallest absolute Gasteiger partial charge is 0.315 e. The van der Waals surface area contributed by atoms with Gasteiger partial charge in [-0.2, -0.15) is 0 Å². The van der Waals surface area contributed by atoms with E-state index in [1.54, 1.807) is 19.3 Å². The Morgan fingerprint density at radius 2 is 1.96 bits per heavy atom. The molecule has 2 rings (SSSR count). The van der Waals surface area contributed by atoms with Crippen LogP contribution >= 0.6 is 0 Å². The van der Waals surface area contributed by atoms with E-state index in [1.807, 2.05) is 0 Å². The van der Waals surface area contributed by atoms with E-state index >= 15 is 0 Å². The van der Waals surface area contributed by atoms with Gasteiger partial charge in [0.2, 0.25) is 11.5 Å². The number of hydrogen-bond donors (Lipinski definition) is 3. The van der Waals surface area contributed by atoms with E-state index in [0.717, 1.165) is 25.7 Å². The zero-order valence-corrected chi connectivity index (χ0v) is 14.4. The van der Waals surface area contributed by atoms with Gasteiger partial charge in [0.1, 0.15) is 5.54 Å². The molecule has 0 radical (unpaired) electrons. The van der Waals surface area contributed by atoms with Crippen molar-refractivity contribution in [3.05, 3.63) is 28.7 Å². The fraction of sp³-hybridized carbons (Fsp3) is 0.588. The summed E-state index contributed by atoms with van der Waals surface area (Å²) < 4.78 is 1.40. The molecule has 0 aliphatic heterocycles. The van der Waals surface area contributed by atoms with Gasteiger partial charge in [0, 0.05) is 25.9 Å². The maximum Gasteiger partial charge on any atom is 0.315 e. The predicted octanol–water partition coefficient (Wildman–Crippen LogP) is 1.74. The van der Waals surface area contributed by atoms with Crippen LogP contribution in [0.1, 0.15) is 45.4 Å². The normalized spacial score (nSPS) is 15.8. The lowest BCUT2D eigenvalue weighted by atomic mass is 9.96. The van der Waals surface area contributed by atoms with Gasteiger partial charge in [-0.3, -0.25) is 9.59 Å². The number of hydrogen-bond acceptors (Lipinski definition) is 3. The van der Waals surface area contributed by atoms with Gasteiger partial charge in [0.25, 0.3) is 0 Å². The molecule has 7 heteroatoms. The molecular formula is C17H26N4O3. The molecule has 0 spiro atoms.